The molecule has 0 aliphatic carbocycles. The summed E-state index contributed by atoms with van der Waals surface area (Å²) in [4.78, 5) is 14.5. The molecule has 1 aromatic rings. The van der Waals surface area contributed by atoms with Crippen LogP contribution in [0.2, 0.25) is 5.02 Å². The van der Waals surface area contributed by atoms with Gasteiger partial charge in [0, 0.05) is 18.7 Å². The zero-order valence-electron chi connectivity index (χ0n) is 12.9. The molecule has 0 aromatic heterocycles. The van der Waals surface area contributed by atoms with Crippen LogP contribution in [0.1, 0.15) is 56.3 Å². The molecule has 1 aliphatic heterocycles. The molecule has 0 spiro atoms. The van der Waals surface area contributed by atoms with Crippen molar-refractivity contribution in [2.24, 2.45) is 5.41 Å². The molecule has 0 atom stereocenters. The van der Waals surface area contributed by atoms with Gasteiger partial charge in [-0.2, -0.15) is 0 Å². The van der Waals surface area contributed by atoms with Gasteiger partial charge in [-0.15, -0.1) is 0 Å². The molecule has 3 nitrogen and oxygen atoms in total. The van der Waals surface area contributed by atoms with Crippen LogP contribution in [0.5, 0.6) is 5.75 Å². The third-order valence-electron chi connectivity index (χ3n) is 5.03. The first-order valence-corrected chi connectivity index (χ1v) is 8.17. The molecule has 116 valence electrons. The van der Waals surface area contributed by atoms with Gasteiger partial charge >= 0.3 is 0 Å². The summed E-state index contributed by atoms with van der Waals surface area (Å²) in [6.07, 6.45) is 5.67. The van der Waals surface area contributed by atoms with E-state index in [1.807, 2.05) is 4.90 Å². The Kier molecular flexibility index (Phi) is 5.15. The minimum atomic E-state index is 0.0138. The second-order valence-electron chi connectivity index (χ2n) is 6.02. The molecule has 1 saturated heterocycles. The van der Waals surface area contributed by atoms with E-state index < -0.39 is 0 Å². The maximum Gasteiger partial charge on any atom is 0.253 e. The van der Waals surface area contributed by atoms with Gasteiger partial charge in [0.2, 0.25) is 0 Å². The van der Waals surface area contributed by atoms with Crippen LogP contribution in [0.25, 0.3) is 0 Å². The summed E-state index contributed by atoms with van der Waals surface area (Å²) in [5, 5.41) is 9.69. The van der Waals surface area contributed by atoms with Crippen LogP contribution in [-0.4, -0.2) is 29.0 Å². The van der Waals surface area contributed by atoms with Crippen molar-refractivity contribution in [1.82, 2.24) is 4.90 Å². The van der Waals surface area contributed by atoms with Crippen LogP contribution in [0.15, 0.2) is 18.2 Å². The highest BCUT2D eigenvalue weighted by atomic mass is 35.5. The van der Waals surface area contributed by atoms with Crippen LogP contribution >= 0.6 is 11.6 Å². The van der Waals surface area contributed by atoms with Crippen molar-refractivity contribution >= 4 is 17.5 Å². The predicted octanol–water partition coefficient (Wildman–Crippen LogP) is 4.48. The Balaban J connectivity index is 2.11. The van der Waals surface area contributed by atoms with Gasteiger partial charge in [-0.25, -0.2) is 0 Å². The number of nitrogens with zero attached hydrogens (tertiary/aromatic N) is 1. The molecule has 0 radical (unpaired) electrons. The summed E-state index contributed by atoms with van der Waals surface area (Å²) in [6.45, 7) is 6.11. The van der Waals surface area contributed by atoms with Crippen LogP contribution in [-0.2, 0) is 0 Å². The van der Waals surface area contributed by atoms with E-state index in [0.717, 1.165) is 25.9 Å². The van der Waals surface area contributed by atoms with Gasteiger partial charge in [-0.05, 0) is 42.9 Å². The van der Waals surface area contributed by atoms with E-state index in [9.17, 15) is 9.90 Å². The molecule has 0 unspecified atom stereocenters. The predicted molar refractivity (Wildman–Crippen MR) is 85.9 cm³/mol. The van der Waals surface area contributed by atoms with E-state index in [4.69, 9.17) is 11.6 Å². The number of rotatable bonds is 3. The van der Waals surface area contributed by atoms with Crippen LogP contribution < -0.4 is 0 Å². The monoisotopic (exact) mass is 309 g/mol. The molecule has 1 heterocycles. The molecule has 1 amide bonds. The van der Waals surface area contributed by atoms with E-state index in [2.05, 4.69) is 13.8 Å². The van der Waals surface area contributed by atoms with Gasteiger partial charge < -0.3 is 10.0 Å². The number of likely N-dealkylation sites (tertiary alicyclic amines) is 1. The smallest absolute Gasteiger partial charge is 0.253 e. The number of phenolic OH excluding ortho intramolecular Hbond substituents is 1. The quantitative estimate of drug-likeness (QED) is 0.894. The fourth-order valence-electron chi connectivity index (χ4n) is 3.24. The molecule has 0 bridgehead atoms. The van der Waals surface area contributed by atoms with Crippen molar-refractivity contribution in [3.05, 3.63) is 28.8 Å². The second kappa shape index (κ2) is 6.69. The number of benzene rings is 1. The average Bonchev–Trinajstić information content (AvgIpc) is 2.72. The van der Waals surface area contributed by atoms with Crippen molar-refractivity contribution in [2.75, 3.05) is 13.1 Å². The van der Waals surface area contributed by atoms with Crippen molar-refractivity contribution in [2.45, 2.75) is 46.0 Å². The molecule has 1 fully saturated rings. The number of hydrogen-bond acceptors (Lipinski definition) is 2. The van der Waals surface area contributed by atoms with Gasteiger partial charge in [0.05, 0.1) is 5.02 Å². The van der Waals surface area contributed by atoms with E-state index in [-0.39, 0.29) is 16.7 Å². The lowest BCUT2D eigenvalue weighted by atomic mass is 9.76. The van der Waals surface area contributed by atoms with Crippen LogP contribution in [0, 0.1) is 5.41 Å². The number of halogens is 1. The van der Waals surface area contributed by atoms with Gasteiger partial charge in [-0.3, -0.25) is 4.79 Å². The lowest BCUT2D eigenvalue weighted by molar-refractivity contribution is 0.0754. The molecule has 21 heavy (non-hydrogen) atoms. The van der Waals surface area contributed by atoms with Gasteiger partial charge in [-0.1, -0.05) is 38.3 Å². The van der Waals surface area contributed by atoms with Gasteiger partial charge in [0.1, 0.15) is 5.75 Å². The fraction of sp³-hybridized carbons (Fsp3) is 0.588. The fourth-order valence-corrected chi connectivity index (χ4v) is 3.42. The molecule has 0 saturated carbocycles. The third kappa shape index (κ3) is 3.52. The Morgan fingerprint density at radius 2 is 2.00 bits per heavy atom. The number of carbonyl (C=O) groups is 1. The third-order valence-corrected chi connectivity index (χ3v) is 5.33. The Bertz CT molecular complexity index is 512. The van der Waals surface area contributed by atoms with Crippen LogP contribution in [0.4, 0.5) is 0 Å². The van der Waals surface area contributed by atoms with Crippen molar-refractivity contribution < 1.29 is 9.90 Å². The molecule has 1 N–H and O–H groups in total. The van der Waals surface area contributed by atoms with Crippen molar-refractivity contribution in [1.29, 1.82) is 0 Å². The maximum atomic E-state index is 12.6. The summed E-state index contributed by atoms with van der Waals surface area (Å²) in [7, 11) is 0. The molecule has 4 heteroatoms. The molecule has 2 rings (SSSR count). The first kappa shape index (κ1) is 16.2. The first-order chi connectivity index (χ1) is 10.0. The summed E-state index contributed by atoms with van der Waals surface area (Å²) in [5.41, 5.74) is 0.944. The minimum Gasteiger partial charge on any atom is -0.506 e. The Morgan fingerprint density at radius 3 is 2.62 bits per heavy atom. The largest absolute Gasteiger partial charge is 0.506 e. The number of amides is 1. The van der Waals surface area contributed by atoms with Crippen molar-refractivity contribution in [3.63, 3.8) is 0 Å². The Hall–Kier alpha value is -1.22. The number of phenols is 1. The summed E-state index contributed by atoms with van der Waals surface area (Å²) < 4.78 is 0. The minimum absolute atomic E-state index is 0.0138. The van der Waals surface area contributed by atoms with Gasteiger partial charge in [0.25, 0.3) is 5.91 Å². The summed E-state index contributed by atoms with van der Waals surface area (Å²) in [6, 6.07) is 4.67. The average molecular weight is 310 g/mol. The lowest BCUT2D eigenvalue weighted by Gasteiger charge is -2.30. The zero-order valence-corrected chi connectivity index (χ0v) is 13.6. The highest BCUT2D eigenvalue weighted by Gasteiger charge is 2.30. The summed E-state index contributed by atoms with van der Waals surface area (Å²) in [5.74, 6) is 0.0278. The van der Waals surface area contributed by atoms with E-state index >= 15 is 0 Å². The molecule has 1 aliphatic rings. The molecular weight excluding hydrogens is 286 g/mol. The molecular formula is C17H24ClNO2. The second-order valence-corrected chi connectivity index (χ2v) is 6.43. The lowest BCUT2D eigenvalue weighted by Crippen LogP contribution is -2.32. The van der Waals surface area contributed by atoms with Crippen LogP contribution in [0.3, 0.4) is 0 Å². The highest BCUT2D eigenvalue weighted by Crippen LogP contribution is 2.38. The normalized spacial score (nSPS) is 18.3. The maximum absolute atomic E-state index is 12.6. The Labute approximate surface area is 131 Å². The summed E-state index contributed by atoms with van der Waals surface area (Å²) >= 11 is 5.90. The zero-order chi connectivity index (χ0) is 15.5. The van der Waals surface area contributed by atoms with Crippen molar-refractivity contribution in [3.8, 4) is 5.75 Å². The van der Waals surface area contributed by atoms with E-state index in [0.29, 0.717) is 11.0 Å². The number of carbonyl (C=O) groups excluding carboxylic acids is 1. The topological polar surface area (TPSA) is 40.5 Å². The SMILES string of the molecule is CCC1(CC)CCCN(C(=O)c2ccc(O)c(Cl)c2)CC1. The first-order valence-electron chi connectivity index (χ1n) is 7.79. The molecule has 1 aromatic carbocycles. The number of aromatic hydroxyl groups is 1. The standard InChI is InChI=1S/C17H24ClNO2/c1-3-17(4-2)8-5-10-19(11-9-17)16(21)13-6-7-15(20)14(18)12-13/h6-7,12,20H,3-5,8-11H2,1-2H3. The number of hydrogen-bond donors (Lipinski definition) is 1. The van der Waals surface area contributed by atoms with E-state index in [1.54, 1.807) is 12.1 Å². The van der Waals surface area contributed by atoms with E-state index in [1.165, 1.54) is 25.3 Å². The van der Waals surface area contributed by atoms with Gasteiger partial charge in [0.15, 0.2) is 0 Å². The highest BCUT2D eigenvalue weighted by molar-refractivity contribution is 6.32. The Morgan fingerprint density at radius 1 is 1.29 bits per heavy atom.